The number of hydrogen-bond acceptors (Lipinski definition) is 6. The van der Waals surface area contributed by atoms with E-state index in [4.69, 9.17) is 4.74 Å². The average molecular weight is 567 g/mol. The van der Waals surface area contributed by atoms with Crippen molar-refractivity contribution in [2.24, 2.45) is 0 Å². The van der Waals surface area contributed by atoms with E-state index in [0.717, 1.165) is 34.1 Å². The largest absolute Gasteiger partial charge is 0.446 e. The molecule has 4 rings (SSSR count). The summed E-state index contributed by atoms with van der Waals surface area (Å²) in [6, 6.07) is 9.64. The summed E-state index contributed by atoms with van der Waals surface area (Å²) in [5, 5.41) is 2.50. The van der Waals surface area contributed by atoms with Crippen LogP contribution in [0.3, 0.4) is 0 Å². The molecule has 1 aliphatic rings. The first-order chi connectivity index (χ1) is 19.5. The molecule has 1 aromatic carbocycles. The topological polar surface area (TPSA) is 105 Å². The Labute approximate surface area is 231 Å². The molecule has 2 aromatic heterocycles. The monoisotopic (exact) mass is 567 g/mol. The lowest BCUT2D eigenvalue weighted by Gasteiger charge is -2.27. The van der Waals surface area contributed by atoms with Crippen molar-refractivity contribution < 1.29 is 36.7 Å². The molecule has 3 amide bonds. The number of alkyl halides is 3. The highest BCUT2D eigenvalue weighted by molar-refractivity contribution is 6.06. The number of carbonyl (C=O) groups excluding carboxylic acids is 3. The number of nitrogens with zero attached hydrogens (tertiary/aromatic N) is 4. The first-order valence-corrected chi connectivity index (χ1v) is 11.9. The second-order valence-electron chi connectivity index (χ2n) is 8.62. The summed E-state index contributed by atoms with van der Waals surface area (Å²) in [5.41, 5.74) is -0.617. The number of benzene rings is 1. The van der Waals surface area contributed by atoms with Gasteiger partial charge in [0.25, 0.3) is 5.91 Å². The van der Waals surface area contributed by atoms with Gasteiger partial charge in [0, 0.05) is 11.4 Å². The van der Waals surface area contributed by atoms with E-state index in [2.05, 4.69) is 33.7 Å². The number of aromatic nitrogens is 2. The van der Waals surface area contributed by atoms with Gasteiger partial charge in [0.05, 0.1) is 12.1 Å². The Morgan fingerprint density at radius 2 is 1.93 bits per heavy atom. The maximum Gasteiger partial charge on any atom is 0.416 e. The van der Waals surface area contributed by atoms with Crippen molar-refractivity contribution in [2.75, 3.05) is 28.3 Å². The van der Waals surface area contributed by atoms with Gasteiger partial charge in [-0.2, -0.15) is 13.2 Å². The lowest BCUT2D eigenvalue weighted by atomic mass is 10.1. The summed E-state index contributed by atoms with van der Waals surface area (Å²) in [4.78, 5) is 48.0. The molecule has 3 aromatic rings. The number of pyridine rings is 2. The molecule has 0 aliphatic carbocycles. The predicted molar refractivity (Wildman–Crippen MR) is 140 cm³/mol. The third-order valence-electron chi connectivity index (χ3n) is 5.72. The van der Waals surface area contributed by atoms with Crippen LogP contribution in [0.2, 0.25) is 0 Å². The Balaban J connectivity index is 1.66. The van der Waals surface area contributed by atoms with Crippen molar-refractivity contribution >= 4 is 35.2 Å². The highest BCUT2D eigenvalue weighted by Crippen LogP contribution is 2.33. The molecule has 210 valence electrons. The van der Waals surface area contributed by atoms with Gasteiger partial charge in [0.2, 0.25) is 5.91 Å². The fourth-order valence-electron chi connectivity index (χ4n) is 3.85. The third-order valence-corrected chi connectivity index (χ3v) is 5.72. The number of ether oxygens (including phenoxy) is 1. The van der Waals surface area contributed by atoms with Gasteiger partial charge in [-0.1, -0.05) is 18.6 Å². The highest BCUT2D eigenvalue weighted by atomic mass is 19.4. The summed E-state index contributed by atoms with van der Waals surface area (Å²) >= 11 is 0. The van der Waals surface area contributed by atoms with E-state index >= 15 is 0 Å². The Morgan fingerprint density at radius 3 is 2.61 bits per heavy atom. The third kappa shape index (κ3) is 6.85. The van der Waals surface area contributed by atoms with Crippen molar-refractivity contribution in [3.05, 3.63) is 90.0 Å². The van der Waals surface area contributed by atoms with Crippen LogP contribution in [0.25, 0.3) is 0 Å². The van der Waals surface area contributed by atoms with E-state index in [0.29, 0.717) is 6.07 Å². The van der Waals surface area contributed by atoms with E-state index in [1.807, 2.05) is 0 Å². The van der Waals surface area contributed by atoms with Crippen LogP contribution in [-0.2, 0) is 20.5 Å². The summed E-state index contributed by atoms with van der Waals surface area (Å²) in [5.74, 6) is 3.54. The van der Waals surface area contributed by atoms with Crippen molar-refractivity contribution in [3.8, 4) is 11.8 Å². The molecule has 0 unspecified atom stereocenters. The highest BCUT2D eigenvalue weighted by Gasteiger charge is 2.43. The standard InChI is InChI=1S/C28H21F4N5O4/c1-3-25(38)35-23-8-4-6-20(34-23)7-5-13-36(21-11-9-19(29)10-12-21)26(39)22-16-41-27(40)37(22)24-15-18(28(30,31)32)14-17(2)33-24/h3-4,6,8-12,14-15,22H,1,13,16H2,2H3,(H,34,35,38)/t22-/m0/s1. The quantitative estimate of drug-likeness (QED) is 0.268. The molecule has 41 heavy (non-hydrogen) atoms. The van der Waals surface area contributed by atoms with E-state index in [9.17, 15) is 31.9 Å². The van der Waals surface area contributed by atoms with Gasteiger partial charge >= 0.3 is 12.3 Å². The smallest absolute Gasteiger partial charge is 0.416 e. The van der Waals surface area contributed by atoms with Crippen molar-refractivity contribution in [1.29, 1.82) is 0 Å². The van der Waals surface area contributed by atoms with E-state index in [1.165, 1.54) is 25.1 Å². The van der Waals surface area contributed by atoms with Gasteiger partial charge < -0.3 is 10.1 Å². The summed E-state index contributed by atoms with van der Waals surface area (Å²) < 4.78 is 59.0. The molecule has 13 heteroatoms. The molecule has 1 aliphatic heterocycles. The van der Waals surface area contributed by atoms with E-state index in [1.54, 1.807) is 12.1 Å². The Kier molecular flexibility index (Phi) is 8.32. The number of aryl methyl sites for hydroxylation is 1. The van der Waals surface area contributed by atoms with Crippen molar-refractivity contribution in [3.63, 3.8) is 0 Å². The maximum atomic E-state index is 13.7. The number of hydrogen-bond donors (Lipinski definition) is 1. The zero-order valence-corrected chi connectivity index (χ0v) is 21.4. The maximum absolute atomic E-state index is 13.7. The Hall–Kier alpha value is -5.25. The van der Waals surface area contributed by atoms with E-state index < -0.39 is 53.9 Å². The van der Waals surface area contributed by atoms with Crippen LogP contribution in [0.4, 0.5) is 39.7 Å². The average Bonchev–Trinajstić information content (AvgIpc) is 3.32. The molecule has 1 atom stereocenters. The van der Waals surface area contributed by atoms with Crippen LogP contribution in [0.1, 0.15) is 17.0 Å². The fourth-order valence-corrected chi connectivity index (χ4v) is 3.85. The van der Waals surface area contributed by atoms with Crippen molar-refractivity contribution in [2.45, 2.75) is 19.1 Å². The molecule has 3 heterocycles. The van der Waals surface area contributed by atoms with Gasteiger partial charge in [0.1, 0.15) is 29.8 Å². The van der Waals surface area contributed by atoms with Crippen LogP contribution >= 0.6 is 0 Å². The number of carbonyl (C=O) groups is 3. The molecule has 0 saturated carbocycles. The molecular weight excluding hydrogens is 546 g/mol. The molecular formula is C28H21F4N5O4. The first-order valence-electron chi connectivity index (χ1n) is 11.9. The van der Waals surface area contributed by atoms with Crippen LogP contribution < -0.4 is 15.1 Å². The predicted octanol–water partition coefficient (Wildman–Crippen LogP) is 4.48. The minimum Gasteiger partial charge on any atom is -0.446 e. The van der Waals surface area contributed by atoms with Crippen LogP contribution in [-0.4, -0.2) is 47.1 Å². The van der Waals surface area contributed by atoms with Crippen LogP contribution in [0.15, 0.2) is 67.3 Å². The number of cyclic esters (lactones) is 1. The second-order valence-corrected chi connectivity index (χ2v) is 8.62. The summed E-state index contributed by atoms with van der Waals surface area (Å²) in [7, 11) is 0. The molecule has 1 saturated heterocycles. The molecule has 9 nitrogen and oxygen atoms in total. The lowest BCUT2D eigenvalue weighted by molar-refractivity contribution is -0.137. The Morgan fingerprint density at radius 1 is 1.20 bits per heavy atom. The number of rotatable bonds is 6. The lowest BCUT2D eigenvalue weighted by Crippen LogP contribution is -2.48. The van der Waals surface area contributed by atoms with Crippen molar-refractivity contribution in [1.82, 2.24) is 9.97 Å². The number of halogens is 4. The summed E-state index contributed by atoms with van der Waals surface area (Å²) in [6.45, 7) is 3.95. The van der Waals surface area contributed by atoms with Crippen LogP contribution in [0.5, 0.6) is 0 Å². The molecule has 0 spiro atoms. The van der Waals surface area contributed by atoms with Gasteiger partial charge in [-0.25, -0.2) is 24.1 Å². The molecule has 0 radical (unpaired) electrons. The number of nitrogens with one attached hydrogen (secondary N) is 1. The van der Waals surface area contributed by atoms with Gasteiger partial charge in [0.15, 0.2) is 6.04 Å². The second kappa shape index (κ2) is 11.9. The zero-order valence-electron chi connectivity index (χ0n) is 21.4. The van der Waals surface area contributed by atoms with Gasteiger partial charge in [-0.3, -0.25) is 14.5 Å². The summed E-state index contributed by atoms with van der Waals surface area (Å²) in [6.07, 6.45) is -4.70. The first kappa shape index (κ1) is 28.8. The SMILES string of the molecule is C=CC(=O)Nc1cccc(C#CCN(C(=O)[C@@H]2COC(=O)N2c2cc(C(F)(F)F)cc(C)n2)c2ccc(F)cc2)n1. The Bertz CT molecular complexity index is 1560. The zero-order chi connectivity index (χ0) is 29.7. The fraction of sp³-hybridized carbons (Fsp3) is 0.179. The number of amides is 3. The molecule has 1 N–H and O–H groups in total. The number of anilines is 3. The van der Waals surface area contributed by atoms with E-state index in [-0.39, 0.29) is 29.4 Å². The minimum atomic E-state index is -4.72. The van der Waals surface area contributed by atoms with Gasteiger partial charge in [-0.05, 0) is 67.5 Å². The minimum absolute atomic E-state index is 0.0269. The van der Waals surface area contributed by atoms with Crippen LogP contribution in [0, 0.1) is 24.6 Å². The normalized spacial score (nSPS) is 14.5. The molecule has 0 bridgehead atoms. The van der Waals surface area contributed by atoms with Gasteiger partial charge in [-0.15, -0.1) is 0 Å². The molecule has 1 fully saturated rings.